The second-order valence-corrected chi connectivity index (χ2v) is 4.60. The van der Waals surface area contributed by atoms with Crippen LogP contribution < -0.4 is 0 Å². The van der Waals surface area contributed by atoms with E-state index in [1.54, 1.807) is 0 Å². The number of carbonyl (C=O) groups excluding carboxylic acids is 2. The van der Waals surface area contributed by atoms with Crippen LogP contribution in [0.1, 0.15) is 52.5 Å². The number of carbonyl (C=O) groups is 2. The number of ketones is 2. The molecule has 4 nitrogen and oxygen atoms in total. The van der Waals surface area contributed by atoms with Crippen LogP contribution in [0.5, 0.6) is 0 Å². The fourth-order valence-corrected chi connectivity index (χ4v) is 2.57. The van der Waals surface area contributed by atoms with Gasteiger partial charge in [0.05, 0.1) is 0 Å². The Labute approximate surface area is 99.3 Å². The van der Waals surface area contributed by atoms with Gasteiger partial charge in [0.25, 0.3) is 0 Å². The van der Waals surface area contributed by atoms with Gasteiger partial charge >= 0.3 is 0 Å². The van der Waals surface area contributed by atoms with E-state index in [0.717, 1.165) is 31.6 Å². The van der Waals surface area contributed by atoms with E-state index in [4.69, 9.17) is 0 Å². The predicted octanol–water partition coefficient (Wildman–Crippen LogP) is 1.93. The molecular formula is C13H14N2O2. The van der Waals surface area contributed by atoms with Crippen LogP contribution in [0.25, 0.3) is 0 Å². The summed E-state index contributed by atoms with van der Waals surface area (Å²) in [6, 6.07) is 0. The number of allylic oxidation sites excluding steroid dienone is 2. The molecule has 0 radical (unpaired) electrons. The smallest absolute Gasteiger partial charge is 0.206 e. The van der Waals surface area contributed by atoms with Crippen LogP contribution in [0.2, 0.25) is 0 Å². The summed E-state index contributed by atoms with van der Waals surface area (Å²) in [6.07, 6.45) is 8.09. The van der Waals surface area contributed by atoms with Gasteiger partial charge in [0.1, 0.15) is 17.2 Å². The van der Waals surface area contributed by atoms with Gasteiger partial charge in [-0.1, -0.05) is 12.8 Å². The molecule has 0 fully saturated rings. The van der Waals surface area contributed by atoms with Crippen LogP contribution in [-0.2, 0) is 13.0 Å². The van der Waals surface area contributed by atoms with Crippen LogP contribution in [0.4, 0.5) is 0 Å². The molecule has 1 aliphatic heterocycles. The van der Waals surface area contributed by atoms with Gasteiger partial charge in [0.2, 0.25) is 11.6 Å². The molecule has 1 aromatic heterocycles. The number of hydrogen-bond acceptors (Lipinski definition) is 3. The molecule has 17 heavy (non-hydrogen) atoms. The second kappa shape index (κ2) is 3.95. The molecule has 2 aliphatic rings. The maximum Gasteiger partial charge on any atom is 0.206 e. The Bertz CT molecular complexity index is 526. The fraction of sp³-hybridized carbons (Fsp3) is 0.462. The number of hydrogen-bond donors (Lipinski definition) is 0. The fourth-order valence-electron chi connectivity index (χ4n) is 2.57. The Hall–Kier alpha value is -1.71. The number of imidazole rings is 1. The van der Waals surface area contributed by atoms with Gasteiger partial charge in [-0.05, 0) is 25.0 Å². The van der Waals surface area contributed by atoms with Crippen LogP contribution >= 0.6 is 0 Å². The molecule has 4 heteroatoms. The van der Waals surface area contributed by atoms with Gasteiger partial charge in [0.15, 0.2) is 0 Å². The van der Waals surface area contributed by atoms with E-state index in [1.165, 1.54) is 25.0 Å². The molecule has 0 aromatic carbocycles. The molecule has 0 unspecified atom stereocenters. The lowest BCUT2D eigenvalue weighted by Crippen LogP contribution is -2.17. The molecule has 0 amide bonds. The van der Waals surface area contributed by atoms with Crippen LogP contribution in [0.15, 0.2) is 12.2 Å². The van der Waals surface area contributed by atoms with Crippen LogP contribution in [0, 0.1) is 0 Å². The van der Waals surface area contributed by atoms with E-state index in [1.807, 2.05) is 4.57 Å². The van der Waals surface area contributed by atoms with Gasteiger partial charge in [-0.2, -0.15) is 0 Å². The second-order valence-electron chi connectivity index (χ2n) is 4.60. The third kappa shape index (κ3) is 1.64. The van der Waals surface area contributed by atoms with E-state index in [9.17, 15) is 9.59 Å². The first-order chi connectivity index (χ1) is 8.27. The lowest BCUT2D eigenvalue weighted by Gasteiger charge is -2.14. The summed E-state index contributed by atoms with van der Waals surface area (Å²) in [5.74, 6) is 0.679. The summed E-state index contributed by atoms with van der Waals surface area (Å²) in [7, 11) is 0. The highest BCUT2D eigenvalue weighted by atomic mass is 16.1. The Morgan fingerprint density at radius 1 is 1.00 bits per heavy atom. The molecule has 1 aromatic rings. The number of rotatable bonds is 0. The SMILES string of the molecule is O=C1C=CC(=O)c2c1nc1n2CCCCCC1. The highest BCUT2D eigenvalue weighted by molar-refractivity contribution is 6.20. The zero-order valence-electron chi connectivity index (χ0n) is 9.61. The molecule has 3 rings (SSSR count). The first kappa shape index (κ1) is 10.4. The van der Waals surface area contributed by atoms with Crippen molar-refractivity contribution in [3.8, 4) is 0 Å². The van der Waals surface area contributed by atoms with Crippen molar-refractivity contribution in [3.05, 3.63) is 29.4 Å². The lowest BCUT2D eigenvalue weighted by molar-refractivity contribution is 0.0986. The molecule has 88 valence electrons. The summed E-state index contributed by atoms with van der Waals surface area (Å²) in [6.45, 7) is 0.810. The largest absolute Gasteiger partial charge is 0.325 e. The van der Waals surface area contributed by atoms with Crippen LogP contribution in [-0.4, -0.2) is 21.1 Å². The number of aryl methyl sites for hydroxylation is 1. The quantitative estimate of drug-likeness (QED) is 0.684. The van der Waals surface area contributed by atoms with Crippen molar-refractivity contribution < 1.29 is 9.59 Å². The first-order valence-corrected chi connectivity index (χ1v) is 6.13. The molecule has 0 atom stereocenters. The van der Waals surface area contributed by atoms with Crippen molar-refractivity contribution in [2.24, 2.45) is 0 Å². The first-order valence-electron chi connectivity index (χ1n) is 6.13. The Morgan fingerprint density at radius 3 is 2.65 bits per heavy atom. The summed E-state index contributed by atoms with van der Waals surface area (Å²) in [5.41, 5.74) is 0.865. The van der Waals surface area contributed by atoms with Crippen molar-refractivity contribution >= 4 is 11.6 Å². The zero-order chi connectivity index (χ0) is 11.8. The molecule has 2 heterocycles. The Kier molecular flexibility index (Phi) is 2.42. The van der Waals surface area contributed by atoms with E-state index in [-0.39, 0.29) is 11.6 Å². The van der Waals surface area contributed by atoms with E-state index in [2.05, 4.69) is 4.98 Å². The van der Waals surface area contributed by atoms with Gasteiger partial charge in [0, 0.05) is 13.0 Å². The van der Waals surface area contributed by atoms with Gasteiger partial charge < -0.3 is 4.57 Å². The van der Waals surface area contributed by atoms with Crippen molar-refractivity contribution in [1.29, 1.82) is 0 Å². The summed E-state index contributed by atoms with van der Waals surface area (Å²) < 4.78 is 1.96. The van der Waals surface area contributed by atoms with E-state index < -0.39 is 0 Å². The summed E-state index contributed by atoms with van der Waals surface area (Å²) >= 11 is 0. The van der Waals surface area contributed by atoms with Gasteiger partial charge in [-0.15, -0.1) is 0 Å². The average molecular weight is 230 g/mol. The maximum absolute atomic E-state index is 11.9. The highest BCUT2D eigenvalue weighted by Gasteiger charge is 2.28. The minimum absolute atomic E-state index is 0.0843. The number of nitrogens with zero attached hydrogens (tertiary/aromatic N) is 2. The van der Waals surface area contributed by atoms with Crippen molar-refractivity contribution in [1.82, 2.24) is 9.55 Å². The van der Waals surface area contributed by atoms with E-state index >= 15 is 0 Å². The third-order valence-electron chi connectivity index (χ3n) is 3.43. The topological polar surface area (TPSA) is 52.0 Å². The normalized spacial score (nSPS) is 19.5. The maximum atomic E-state index is 11.9. The standard InChI is InChI=1S/C13H14N2O2/c16-9-6-7-10(17)13-12(9)14-11-5-3-1-2-4-8-15(11)13/h6-7H,1-5,8H2. The third-order valence-corrected chi connectivity index (χ3v) is 3.43. The molecule has 0 bridgehead atoms. The molecular weight excluding hydrogens is 216 g/mol. The molecule has 0 saturated heterocycles. The Morgan fingerprint density at radius 2 is 1.76 bits per heavy atom. The van der Waals surface area contributed by atoms with Gasteiger partial charge in [-0.3, -0.25) is 9.59 Å². The van der Waals surface area contributed by atoms with Crippen molar-refractivity contribution in [2.45, 2.75) is 38.6 Å². The minimum atomic E-state index is -0.140. The summed E-state index contributed by atoms with van der Waals surface area (Å²) in [4.78, 5) is 27.9. The number of fused-ring (bicyclic) bond motifs is 3. The van der Waals surface area contributed by atoms with Crippen molar-refractivity contribution in [2.75, 3.05) is 0 Å². The molecule has 0 N–H and O–H groups in total. The average Bonchev–Trinajstić information content (AvgIpc) is 2.63. The van der Waals surface area contributed by atoms with Crippen LogP contribution in [0.3, 0.4) is 0 Å². The monoisotopic (exact) mass is 230 g/mol. The van der Waals surface area contributed by atoms with E-state index in [0.29, 0.717) is 11.4 Å². The Balaban J connectivity index is 2.14. The summed E-state index contributed by atoms with van der Waals surface area (Å²) in [5, 5.41) is 0. The number of aromatic nitrogens is 2. The molecule has 1 aliphatic carbocycles. The van der Waals surface area contributed by atoms with Crippen molar-refractivity contribution in [3.63, 3.8) is 0 Å². The lowest BCUT2D eigenvalue weighted by atomic mass is 10.1. The minimum Gasteiger partial charge on any atom is -0.325 e. The zero-order valence-corrected chi connectivity index (χ0v) is 9.61. The predicted molar refractivity (Wildman–Crippen MR) is 62.2 cm³/mol. The highest BCUT2D eigenvalue weighted by Crippen LogP contribution is 2.22. The molecule has 0 saturated carbocycles. The molecule has 0 spiro atoms. The van der Waals surface area contributed by atoms with Gasteiger partial charge in [-0.25, -0.2) is 4.98 Å².